The number of aliphatic hydroxyl groups excluding tert-OH is 1. The van der Waals surface area contributed by atoms with E-state index in [1.165, 1.54) is 32.2 Å². The van der Waals surface area contributed by atoms with Crippen molar-refractivity contribution in [3.05, 3.63) is 119 Å². The molecule has 95 heavy (non-hydrogen) atoms. The number of fused-ring (bicyclic) bond motifs is 3. The number of alkyl carbamates (subject to hydrolysis) is 1. The SMILES string of the molecule is CC[C@H](C)[C@@H]([C@@H](CC(=O)N1CCC[C@H]1[C@H](OC)[C@@H](C)C(=O)N[C@H](C)[C@@H](O)c1ccccc1)OC)N(C)C(=O)[C@@H](NC(=O)[C@H](C(C)C)N(C)C(=O)OCc1ccc(NC(=O)[C@H](CCCNC(N)=O)NC(=O)OCC2c3ccccc3-c3ccccc32)cc1S(=O)(=O)[O-])C(C)C.[Na+]. The molecule has 1 heterocycles. The first-order chi connectivity index (χ1) is 44.5. The number of likely N-dealkylation sites (N-methyl/N-ethyl adjacent to an activating group) is 2. The molecule has 0 unspecified atom stereocenters. The molecule has 6 rings (SSSR count). The molecular weight excluding hydrogens is 1250 g/mol. The van der Waals surface area contributed by atoms with E-state index in [-0.39, 0.29) is 96.9 Å². The summed E-state index contributed by atoms with van der Waals surface area (Å²) in [6.07, 6.45) is -2.72. The second-order valence-electron chi connectivity index (χ2n) is 25.0. The number of anilines is 1. The molecule has 25 nitrogen and oxygen atoms in total. The Labute approximate surface area is 580 Å². The fraction of sp³-hybridized carbons (Fsp3) is 0.529. The zero-order valence-electron chi connectivity index (χ0n) is 56.8. The minimum absolute atomic E-state index is 0. The van der Waals surface area contributed by atoms with Gasteiger partial charge in [0.25, 0.3) is 0 Å². The molecule has 0 radical (unpaired) electrons. The number of aliphatic hydroxyl groups is 1. The van der Waals surface area contributed by atoms with Crippen molar-refractivity contribution in [2.24, 2.45) is 29.4 Å². The van der Waals surface area contributed by atoms with E-state index in [4.69, 9.17) is 24.7 Å². The molecule has 0 bridgehead atoms. The van der Waals surface area contributed by atoms with Gasteiger partial charge < -0.3 is 70.7 Å². The Balaban J connectivity index is 0.0000163. The van der Waals surface area contributed by atoms with Gasteiger partial charge in [-0.15, -0.1) is 0 Å². The van der Waals surface area contributed by atoms with Gasteiger partial charge in [-0.1, -0.05) is 140 Å². The number of hydrogen-bond acceptors (Lipinski definition) is 16. The number of methoxy groups -OCH3 is 2. The van der Waals surface area contributed by atoms with Crippen LogP contribution in [0.3, 0.4) is 0 Å². The summed E-state index contributed by atoms with van der Waals surface area (Å²) >= 11 is 0. The summed E-state index contributed by atoms with van der Waals surface area (Å²) in [5, 5.41) is 24.3. The molecule has 1 saturated heterocycles. The summed E-state index contributed by atoms with van der Waals surface area (Å²) in [7, 11) is 0.528. The van der Waals surface area contributed by atoms with E-state index in [2.05, 4.69) is 26.6 Å². The summed E-state index contributed by atoms with van der Waals surface area (Å²) in [4.78, 5) is 113. The van der Waals surface area contributed by atoms with Gasteiger partial charge in [-0.05, 0) is 90.3 Å². The zero-order chi connectivity index (χ0) is 69.3. The first-order valence-electron chi connectivity index (χ1n) is 31.9. The Bertz CT molecular complexity index is 3360. The molecule has 9 amide bonds. The average Bonchev–Trinajstić information content (AvgIpc) is 1.64. The minimum Gasteiger partial charge on any atom is -0.744 e. The second kappa shape index (κ2) is 36.3. The largest absolute Gasteiger partial charge is 1.00 e. The van der Waals surface area contributed by atoms with Gasteiger partial charge in [0.1, 0.15) is 41.5 Å². The molecule has 4 aromatic rings. The van der Waals surface area contributed by atoms with Gasteiger partial charge in [0, 0.05) is 58.6 Å². The van der Waals surface area contributed by atoms with Crippen LogP contribution >= 0.6 is 0 Å². The van der Waals surface area contributed by atoms with E-state index in [9.17, 15) is 56.4 Å². The Morgan fingerprint density at radius 1 is 0.768 bits per heavy atom. The number of likely N-dealkylation sites (tertiary alicyclic amines) is 1. The van der Waals surface area contributed by atoms with Gasteiger partial charge in [0.05, 0.1) is 53.7 Å². The van der Waals surface area contributed by atoms with Gasteiger partial charge in [0.2, 0.25) is 29.5 Å². The molecule has 27 heteroatoms. The number of hydrogen-bond donors (Lipinski definition) is 7. The third kappa shape index (κ3) is 20.4. The third-order valence-electron chi connectivity index (χ3n) is 18.0. The van der Waals surface area contributed by atoms with Crippen molar-refractivity contribution in [2.75, 3.05) is 53.3 Å². The number of nitrogens with zero attached hydrogens (tertiary/aromatic N) is 3. The number of carbonyl (C=O) groups excluding carboxylic acids is 8. The topological polar surface area (TPSA) is 347 Å². The summed E-state index contributed by atoms with van der Waals surface area (Å²) in [6, 6.07) is 21.5. The van der Waals surface area contributed by atoms with Crippen LogP contribution in [-0.4, -0.2) is 177 Å². The normalized spacial score (nSPS) is 16.8. The molecule has 1 aliphatic heterocycles. The van der Waals surface area contributed by atoms with Crippen LogP contribution < -0.4 is 61.9 Å². The van der Waals surface area contributed by atoms with Crippen LogP contribution in [0.4, 0.5) is 20.1 Å². The monoisotopic (exact) mass is 1350 g/mol. The molecule has 0 saturated carbocycles. The van der Waals surface area contributed by atoms with Gasteiger partial charge in [-0.25, -0.2) is 22.8 Å². The molecule has 1 aliphatic carbocycles. The Morgan fingerprint density at radius 2 is 1.39 bits per heavy atom. The molecule has 514 valence electrons. The van der Waals surface area contributed by atoms with E-state index in [1.807, 2.05) is 68.4 Å². The number of nitrogens with one attached hydrogen (secondary N) is 5. The van der Waals surface area contributed by atoms with Crippen LogP contribution in [0.25, 0.3) is 11.1 Å². The molecule has 11 atom stereocenters. The van der Waals surface area contributed by atoms with Gasteiger partial charge >= 0.3 is 47.8 Å². The maximum absolute atomic E-state index is 14.8. The third-order valence-corrected chi connectivity index (χ3v) is 18.9. The van der Waals surface area contributed by atoms with E-state index < -0.39 is 130 Å². The predicted octanol–water partition coefficient (Wildman–Crippen LogP) is 3.78. The van der Waals surface area contributed by atoms with Crippen LogP contribution in [0.5, 0.6) is 0 Å². The van der Waals surface area contributed by atoms with Crippen molar-refractivity contribution in [2.45, 2.75) is 166 Å². The predicted molar refractivity (Wildman–Crippen MR) is 350 cm³/mol. The van der Waals surface area contributed by atoms with Crippen LogP contribution in [0.15, 0.2) is 102 Å². The van der Waals surface area contributed by atoms with Gasteiger partial charge in [-0.2, -0.15) is 0 Å². The number of rotatable bonds is 32. The smallest absolute Gasteiger partial charge is 0.744 e. The second-order valence-corrected chi connectivity index (χ2v) is 26.4. The maximum atomic E-state index is 14.8. The Hall–Kier alpha value is -7.17. The molecule has 1 fully saturated rings. The molecule has 8 N–H and O–H groups in total. The van der Waals surface area contributed by atoms with E-state index in [1.54, 1.807) is 77.8 Å². The molecule has 0 spiro atoms. The first-order valence-corrected chi connectivity index (χ1v) is 33.3. The Kier molecular flexibility index (Phi) is 30.0. The van der Waals surface area contributed by atoms with Crippen LogP contribution in [-0.2, 0) is 59.6 Å². The molecular formula is C68H94N9NaO16S. The summed E-state index contributed by atoms with van der Waals surface area (Å²) < 4.78 is 61.6. The molecule has 4 aromatic carbocycles. The summed E-state index contributed by atoms with van der Waals surface area (Å²) in [6.45, 7) is 13.8. The van der Waals surface area contributed by atoms with Crippen molar-refractivity contribution in [1.29, 1.82) is 0 Å². The van der Waals surface area contributed by atoms with E-state index in [0.29, 0.717) is 31.4 Å². The fourth-order valence-corrected chi connectivity index (χ4v) is 13.4. The van der Waals surface area contributed by atoms with Crippen LogP contribution in [0.2, 0.25) is 0 Å². The fourth-order valence-electron chi connectivity index (χ4n) is 12.7. The number of ether oxygens (including phenoxy) is 4. The van der Waals surface area contributed by atoms with Crippen LogP contribution in [0, 0.1) is 23.7 Å². The first kappa shape index (κ1) is 78.5. The van der Waals surface area contributed by atoms with Crippen molar-refractivity contribution < 1.29 is 105 Å². The summed E-state index contributed by atoms with van der Waals surface area (Å²) in [5.41, 5.74) is 9.37. The Morgan fingerprint density at radius 3 is 1.96 bits per heavy atom. The van der Waals surface area contributed by atoms with Crippen LogP contribution in [0.1, 0.15) is 128 Å². The minimum atomic E-state index is -5.32. The quantitative estimate of drug-likeness (QED) is 0.0208. The maximum Gasteiger partial charge on any atom is 1.00 e. The van der Waals surface area contributed by atoms with Crippen molar-refractivity contribution in [3.8, 4) is 11.1 Å². The number of carbonyl (C=O) groups is 8. The number of nitrogens with two attached hydrogens (primary N) is 1. The van der Waals surface area contributed by atoms with Crippen molar-refractivity contribution in [1.82, 2.24) is 36.0 Å². The van der Waals surface area contributed by atoms with Crippen molar-refractivity contribution in [3.63, 3.8) is 0 Å². The number of benzene rings is 4. The van der Waals surface area contributed by atoms with E-state index in [0.717, 1.165) is 39.3 Å². The zero-order valence-corrected chi connectivity index (χ0v) is 59.6. The summed E-state index contributed by atoms with van der Waals surface area (Å²) in [5.74, 6) is -4.96. The van der Waals surface area contributed by atoms with Crippen molar-refractivity contribution >= 4 is 63.6 Å². The number of amides is 9. The average molecular weight is 1350 g/mol. The van der Waals surface area contributed by atoms with E-state index >= 15 is 0 Å². The van der Waals surface area contributed by atoms with Gasteiger partial charge in [-0.3, -0.25) is 28.9 Å². The molecule has 2 aliphatic rings. The number of primary amides is 1. The van der Waals surface area contributed by atoms with Gasteiger partial charge in [0.15, 0.2) is 0 Å². The number of urea groups is 1. The standard InChI is InChI=1S/C68H95N9O16S.Na/c1-13-41(6)59(54(90-11)36-56(78)77-34-22-30-53(77)61(91-12)42(7)62(80)71-43(8)60(79)44-23-15-14-16-24-44)75(9)65(83)57(39(2)3)74-64(82)58(40(4)5)76(10)68(86)93-37-45-31-32-46(35-55(45)94(87,88)89)72-63(81)52(29-21-33-70-66(69)84)73-67(85)92-38-51-49-27-19-17-25-47(49)48-26-18-20-28-50(48)51;/h14-20,23-28,31-32,35,39-43,51-54,57-61,79H,13,21-22,29-30,33-34,36-38H2,1-12H3,(H,71,80)(H,72,81)(H,73,85)(H,74,82)(H3,69,70,84)(H,87,88,89);/q;+1/p-1/t41-,42+,43+,52-,53-,54+,57-,58-,59-,60+,61+;/m0./s1. The molecule has 0 aromatic heterocycles.